The van der Waals surface area contributed by atoms with Crippen LogP contribution in [0.4, 0.5) is 11.5 Å². The van der Waals surface area contributed by atoms with Crippen molar-refractivity contribution in [3.05, 3.63) is 41.3 Å². The predicted molar refractivity (Wildman–Crippen MR) is 90.6 cm³/mol. The van der Waals surface area contributed by atoms with Gasteiger partial charge in [-0.3, -0.25) is 4.79 Å². The molecule has 0 unspecified atom stereocenters. The molecule has 0 spiro atoms. The van der Waals surface area contributed by atoms with Crippen LogP contribution in [-0.2, 0) is 0 Å². The molecule has 0 saturated carbocycles. The number of halogens is 1. The summed E-state index contributed by atoms with van der Waals surface area (Å²) in [5.41, 5.74) is 1.06. The molecule has 122 valence electrons. The van der Waals surface area contributed by atoms with Crippen molar-refractivity contribution in [2.24, 2.45) is 0 Å². The molecule has 1 heterocycles. The summed E-state index contributed by atoms with van der Waals surface area (Å²) >= 11 is 6.09. The van der Waals surface area contributed by atoms with Gasteiger partial charge in [-0.25, -0.2) is 9.97 Å². The number of carbonyl (C=O) groups is 1. The molecule has 2 aromatic rings. The third-order valence-electron chi connectivity index (χ3n) is 3.14. The van der Waals surface area contributed by atoms with Crippen LogP contribution in [0.15, 0.2) is 30.6 Å². The first-order valence-electron chi connectivity index (χ1n) is 7.35. The molecule has 0 bridgehead atoms. The van der Waals surface area contributed by atoms with E-state index >= 15 is 0 Å². The van der Waals surface area contributed by atoms with Gasteiger partial charge in [0.1, 0.15) is 23.6 Å². The van der Waals surface area contributed by atoms with Crippen molar-refractivity contribution in [2.45, 2.75) is 19.8 Å². The van der Waals surface area contributed by atoms with Crippen LogP contribution in [0.25, 0.3) is 0 Å². The molecule has 2 N–H and O–H groups in total. The van der Waals surface area contributed by atoms with Gasteiger partial charge in [-0.05, 0) is 24.6 Å². The first-order valence-corrected chi connectivity index (χ1v) is 7.72. The standard InChI is InChI=1S/C16H19ClN4O2/c1-3-4-7-18-16(22)13-9-15(20-10-19-13)21-11-5-6-14(23-2)12(17)8-11/h5-6,8-10H,3-4,7H2,1-2H3,(H,18,22)(H,19,20,21). The first-order chi connectivity index (χ1) is 11.1. The van der Waals surface area contributed by atoms with E-state index in [0.29, 0.717) is 28.8 Å². The van der Waals surface area contributed by atoms with E-state index < -0.39 is 0 Å². The highest BCUT2D eigenvalue weighted by molar-refractivity contribution is 6.32. The Labute approximate surface area is 140 Å². The van der Waals surface area contributed by atoms with E-state index in [4.69, 9.17) is 16.3 Å². The van der Waals surface area contributed by atoms with Crippen molar-refractivity contribution in [3.63, 3.8) is 0 Å². The summed E-state index contributed by atoms with van der Waals surface area (Å²) in [6.45, 7) is 2.70. The number of unbranched alkanes of at least 4 members (excludes halogenated alkanes) is 1. The van der Waals surface area contributed by atoms with E-state index in [2.05, 4.69) is 27.5 Å². The smallest absolute Gasteiger partial charge is 0.270 e. The largest absolute Gasteiger partial charge is 0.495 e. The molecule has 1 aromatic carbocycles. The van der Waals surface area contributed by atoms with Gasteiger partial charge in [0.05, 0.1) is 12.1 Å². The lowest BCUT2D eigenvalue weighted by Gasteiger charge is -2.09. The van der Waals surface area contributed by atoms with Crippen LogP contribution in [0.5, 0.6) is 5.75 Å². The average Bonchev–Trinajstić information content (AvgIpc) is 2.55. The molecule has 0 aliphatic carbocycles. The highest BCUT2D eigenvalue weighted by Crippen LogP contribution is 2.28. The van der Waals surface area contributed by atoms with Crippen LogP contribution in [0.1, 0.15) is 30.3 Å². The van der Waals surface area contributed by atoms with Gasteiger partial charge in [-0.1, -0.05) is 24.9 Å². The molecule has 0 atom stereocenters. The minimum atomic E-state index is -0.211. The van der Waals surface area contributed by atoms with Gasteiger partial charge in [0.2, 0.25) is 0 Å². The number of amides is 1. The van der Waals surface area contributed by atoms with Gasteiger partial charge in [0.15, 0.2) is 0 Å². The van der Waals surface area contributed by atoms with Crippen molar-refractivity contribution in [1.29, 1.82) is 0 Å². The lowest BCUT2D eigenvalue weighted by atomic mass is 10.3. The number of methoxy groups -OCH3 is 1. The highest BCUT2D eigenvalue weighted by atomic mass is 35.5. The fourth-order valence-electron chi connectivity index (χ4n) is 1.91. The maximum atomic E-state index is 12.0. The molecule has 0 aliphatic rings. The Hall–Kier alpha value is -2.34. The number of anilines is 2. The Balaban J connectivity index is 2.07. The zero-order chi connectivity index (χ0) is 16.7. The van der Waals surface area contributed by atoms with Crippen molar-refractivity contribution in [2.75, 3.05) is 19.0 Å². The molecule has 1 amide bonds. The van der Waals surface area contributed by atoms with E-state index in [1.165, 1.54) is 6.33 Å². The molecule has 0 radical (unpaired) electrons. The molecule has 23 heavy (non-hydrogen) atoms. The molecular formula is C16H19ClN4O2. The number of benzene rings is 1. The maximum absolute atomic E-state index is 12.0. The molecule has 7 heteroatoms. The monoisotopic (exact) mass is 334 g/mol. The Bertz CT molecular complexity index is 679. The third kappa shape index (κ3) is 4.82. The SMILES string of the molecule is CCCCNC(=O)c1cc(Nc2ccc(OC)c(Cl)c2)ncn1. The maximum Gasteiger partial charge on any atom is 0.270 e. The third-order valence-corrected chi connectivity index (χ3v) is 3.44. The van der Waals surface area contributed by atoms with Crippen LogP contribution in [0.2, 0.25) is 5.02 Å². The summed E-state index contributed by atoms with van der Waals surface area (Å²) in [5, 5.41) is 6.40. The summed E-state index contributed by atoms with van der Waals surface area (Å²) in [4.78, 5) is 20.1. The molecule has 2 rings (SSSR count). The number of hydrogen-bond donors (Lipinski definition) is 2. The molecule has 0 aliphatic heterocycles. The van der Waals surface area contributed by atoms with Gasteiger partial charge >= 0.3 is 0 Å². The molecule has 1 aromatic heterocycles. The zero-order valence-corrected chi connectivity index (χ0v) is 13.9. The van der Waals surface area contributed by atoms with Crippen LogP contribution in [0.3, 0.4) is 0 Å². The molecule has 6 nitrogen and oxygen atoms in total. The number of rotatable bonds is 7. The lowest BCUT2D eigenvalue weighted by molar-refractivity contribution is 0.0948. The Morgan fingerprint density at radius 3 is 2.83 bits per heavy atom. The van der Waals surface area contributed by atoms with Crippen molar-refractivity contribution < 1.29 is 9.53 Å². The quantitative estimate of drug-likeness (QED) is 0.759. The Morgan fingerprint density at radius 2 is 2.13 bits per heavy atom. The zero-order valence-electron chi connectivity index (χ0n) is 13.1. The fraction of sp³-hybridized carbons (Fsp3) is 0.312. The Morgan fingerprint density at radius 1 is 1.30 bits per heavy atom. The van der Waals surface area contributed by atoms with E-state index in [9.17, 15) is 4.79 Å². The molecule has 0 saturated heterocycles. The molecule has 0 fully saturated rings. The lowest BCUT2D eigenvalue weighted by Crippen LogP contribution is -2.25. The van der Waals surface area contributed by atoms with Crippen LogP contribution in [-0.4, -0.2) is 29.5 Å². The Kier molecular flexibility index (Phi) is 6.17. The number of nitrogens with zero attached hydrogens (tertiary/aromatic N) is 2. The van der Waals surface area contributed by atoms with Crippen molar-refractivity contribution in [1.82, 2.24) is 15.3 Å². The summed E-state index contributed by atoms with van der Waals surface area (Å²) in [7, 11) is 1.56. The van der Waals surface area contributed by atoms with E-state index in [0.717, 1.165) is 18.5 Å². The van der Waals surface area contributed by atoms with Gasteiger partial charge in [-0.15, -0.1) is 0 Å². The highest BCUT2D eigenvalue weighted by Gasteiger charge is 2.09. The van der Waals surface area contributed by atoms with Crippen LogP contribution in [0, 0.1) is 0 Å². The number of hydrogen-bond acceptors (Lipinski definition) is 5. The van der Waals surface area contributed by atoms with E-state index in [1.807, 2.05) is 6.07 Å². The number of carbonyl (C=O) groups excluding carboxylic acids is 1. The number of nitrogens with one attached hydrogen (secondary N) is 2. The minimum Gasteiger partial charge on any atom is -0.495 e. The minimum absolute atomic E-state index is 0.211. The summed E-state index contributed by atoms with van der Waals surface area (Å²) in [5.74, 6) is 0.898. The van der Waals surface area contributed by atoms with Gasteiger partial charge in [0.25, 0.3) is 5.91 Å². The predicted octanol–water partition coefficient (Wildman–Crippen LogP) is 3.41. The van der Waals surface area contributed by atoms with Crippen LogP contribution >= 0.6 is 11.6 Å². The van der Waals surface area contributed by atoms with Crippen molar-refractivity contribution in [3.8, 4) is 5.75 Å². The van der Waals surface area contributed by atoms with Gasteiger partial charge in [-0.2, -0.15) is 0 Å². The van der Waals surface area contributed by atoms with Crippen molar-refractivity contribution >= 4 is 29.0 Å². The summed E-state index contributed by atoms with van der Waals surface area (Å²) in [6, 6.07) is 6.89. The number of ether oxygens (including phenoxy) is 1. The van der Waals surface area contributed by atoms with E-state index in [1.54, 1.807) is 25.3 Å². The summed E-state index contributed by atoms with van der Waals surface area (Å²) in [6.07, 6.45) is 3.31. The average molecular weight is 335 g/mol. The first kappa shape index (κ1) is 17.0. The second kappa shape index (κ2) is 8.33. The van der Waals surface area contributed by atoms with Gasteiger partial charge in [0, 0.05) is 18.3 Å². The fourth-order valence-corrected chi connectivity index (χ4v) is 2.17. The van der Waals surface area contributed by atoms with Gasteiger partial charge < -0.3 is 15.4 Å². The van der Waals surface area contributed by atoms with E-state index in [-0.39, 0.29) is 5.91 Å². The molecular weight excluding hydrogens is 316 g/mol. The number of aromatic nitrogens is 2. The summed E-state index contributed by atoms with van der Waals surface area (Å²) < 4.78 is 5.11. The second-order valence-electron chi connectivity index (χ2n) is 4.87. The normalized spacial score (nSPS) is 10.2. The van der Waals surface area contributed by atoms with Crippen LogP contribution < -0.4 is 15.4 Å². The second-order valence-corrected chi connectivity index (χ2v) is 5.28. The topological polar surface area (TPSA) is 76.1 Å².